The van der Waals surface area contributed by atoms with Crippen LogP contribution in [0.5, 0.6) is 0 Å². The van der Waals surface area contributed by atoms with Crippen LogP contribution < -0.4 is 10.2 Å². The van der Waals surface area contributed by atoms with E-state index in [2.05, 4.69) is 5.32 Å². The molecule has 1 atom stereocenters. The first-order chi connectivity index (χ1) is 12.7. The lowest BCUT2D eigenvalue weighted by atomic mass is 10.2. The van der Waals surface area contributed by atoms with Crippen molar-refractivity contribution in [2.75, 3.05) is 44.2 Å². The lowest BCUT2D eigenvalue weighted by molar-refractivity contribution is -0.117. The molecule has 1 N–H and O–H groups in total. The van der Waals surface area contributed by atoms with Crippen molar-refractivity contribution in [3.05, 3.63) is 41.9 Å². The molecule has 7 heteroatoms. The second-order valence-corrected chi connectivity index (χ2v) is 6.47. The third-order valence-corrected chi connectivity index (χ3v) is 4.70. The monoisotopic (exact) mass is 358 g/mol. The molecular formula is C19H23FN4O2. The molecule has 0 radical (unpaired) electrons. The first kappa shape index (κ1) is 18.2. The Morgan fingerprint density at radius 1 is 1.35 bits per heavy atom. The Labute approximate surface area is 152 Å². The van der Waals surface area contributed by atoms with Crippen molar-refractivity contribution < 1.29 is 13.9 Å². The number of benzene rings is 1. The minimum absolute atomic E-state index is 0.0446. The number of nitriles is 1. The molecule has 2 heterocycles. The van der Waals surface area contributed by atoms with Gasteiger partial charge in [0, 0.05) is 45.5 Å². The molecule has 1 unspecified atom stereocenters. The zero-order valence-corrected chi connectivity index (χ0v) is 14.7. The lowest BCUT2D eigenvalue weighted by Gasteiger charge is -2.35. The van der Waals surface area contributed by atoms with Crippen LogP contribution in [0.3, 0.4) is 0 Å². The van der Waals surface area contributed by atoms with E-state index in [4.69, 9.17) is 4.74 Å². The van der Waals surface area contributed by atoms with Gasteiger partial charge in [0.05, 0.1) is 11.8 Å². The molecule has 26 heavy (non-hydrogen) atoms. The molecular weight excluding hydrogens is 335 g/mol. The Hall–Kier alpha value is -2.59. The van der Waals surface area contributed by atoms with E-state index in [9.17, 15) is 14.4 Å². The SMILES string of the molecule is N#C/C(=C/N1CCN(c2ccccc2F)CC1)C(=O)NCC1CCCO1. The minimum atomic E-state index is -0.375. The molecule has 1 aromatic carbocycles. The third-order valence-electron chi connectivity index (χ3n) is 4.70. The Morgan fingerprint density at radius 2 is 2.12 bits per heavy atom. The zero-order valence-electron chi connectivity index (χ0n) is 14.7. The number of anilines is 1. The molecule has 0 saturated carbocycles. The van der Waals surface area contributed by atoms with Gasteiger partial charge in [0.15, 0.2) is 0 Å². The Kier molecular flexibility index (Phi) is 6.08. The van der Waals surface area contributed by atoms with Crippen LogP contribution in [0.4, 0.5) is 10.1 Å². The van der Waals surface area contributed by atoms with Gasteiger partial charge in [0.1, 0.15) is 17.5 Å². The average Bonchev–Trinajstić information content (AvgIpc) is 3.19. The summed E-state index contributed by atoms with van der Waals surface area (Å²) in [6.07, 6.45) is 3.59. The van der Waals surface area contributed by atoms with Gasteiger partial charge in [-0.15, -0.1) is 0 Å². The Balaban J connectivity index is 1.53. The summed E-state index contributed by atoms with van der Waals surface area (Å²) < 4.78 is 19.3. The molecule has 1 amide bonds. The Bertz CT molecular complexity index is 702. The molecule has 2 saturated heterocycles. The van der Waals surface area contributed by atoms with Crippen LogP contribution >= 0.6 is 0 Å². The van der Waals surface area contributed by atoms with Gasteiger partial charge in [-0.25, -0.2) is 4.39 Å². The summed E-state index contributed by atoms with van der Waals surface area (Å²) in [6, 6.07) is 8.67. The largest absolute Gasteiger partial charge is 0.376 e. The fourth-order valence-electron chi connectivity index (χ4n) is 3.23. The van der Waals surface area contributed by atoms with Crippen molar-refractivity contribution in [1.29, 1.82) is 5.26 Å². The molecule has 138 valence electrons. The highest BCUT2D eigenvalue weighted by Gasteiger charge is 2.20. The van der Waals surface area contributed by atoms with Crippen molar-refractivity contribution in [3.63, 3.8) is 0 Å². The predicted octanol–water partition coefficient (Wildman–Crippen LogP) is 1.65. The summed E-state index contributed by atoms with van der Waals surface area (Å²) in [4.78, 5) is 16.1. The molecule has 0 aliphatic carbocycles. The summed E-state index contributed by atoms with van der Waals surface area (Å²) in [5.74, 6) is -0.609. The van der Waals surface area contributed by atoms with Crippen LogP contribution in [0.2, 0.25) is 0 Å². The second-order valence-electron chi connectivity index (χ2n) is 6.47. The number of carbonyl (C=O) groups is 1. The summed E-state index contributed by atoms with van der Waals surface area (Å²) in [5, 5.41) is 12.1. The number of nitrogens with zero attached hydrogens (tertiary/aromatic N) is 3. The number of hydrogen-bond acceptors (Lipinski definition) is 5. The molecule has 1 aromatic rings. The highest BCUT2D eigenvalue weighted by molar-refractivity contribution is 5.97. The van der Waals surface area contributed by atoms with E-state index in [0.717, 1.165) is 19.4 Å². The summed E-state index contributed by atoms with van der Waals surface area (Å²) in [5.41, 5.74) is 0.674. The van der Waals surface area contributed by atoms with Crippen LogP contribution in [-0.4, -0.2) is 56.2 Å². The van der Waals surface area contributed by atoms with Gasteiger partial charge in [0.25, 0.3) is 5.91 Å². The van der Waals surface area contributed by atoms with Crippen molar-refractivity contribution in [2.24, 2.45) is 0 Å². The van der Waals surface area contributed by atoms with E-state index in [1.807, 2.05) is 21.9 Å². The minimum Gasteiger partial charge on any atom is -0.376 e. The summed E-state index contributed by atoms with van der Waals surface area (Å²) in [6.45, 7) is 3.67. The van der Waals surface area contributed by atoms with E-state index in [-0.39, 0.29) is 23.4 Å². The smallest absolute Gasteiger partial charge is 0.263 e. The standard InChI is InChI=1S/C19H23FN4O2/c20-17-5-1-2-6-18(17)24-9-7-23(8-10-24)14-15(12-21)19(25)22-13-16-4-3-11-26-16/h1-2,5-6,14,16H,3-4,7-11,13H2,(H,22,25)/b15-14-. The summed E-state index contributed by atoms with van der Waals surface area (Å²) in [7, 11) is 0. The molecule has 3 rings (SSSR count). The fourth-order valence-corrected chi connectivity index (χ4v) is 3.23. The first-order valence-corrected chi connectivity index (χ1v) is 8.92. The van der Waals surface area contributed by atoms with Gasteiger partial charge in [-0.3, -0.25) is 4.79 Å². The van der Waals surface area contributed by atoms with Gasteiger partial charge in [-0.2, -0.15) is 5.26 Å². The molecule has 2 aliphatic heterocycles. The quantitative estimate of drug-likeness (QED) is 0.640. The lowest BCUT2D eigenvalue weighted by Crippen LogP contribution is -2.45. The molecule has 2 aliphatic rings. The fraction of sp³-hybridized carbons (Fsp3) is 0.474. The second kappa shape index (κ2) is 8.68. The van der Waals surface area contributed by atoms with Crippen molar-refractivity contribution in [1.82, 2.24) is 10.2 Å². The van der Waals surface area contributed by atoms with Gasteiger partial charge in [0.2, 0.25) is 0 Å². The number of amides is 1. The number of ether oxygens (including phenoxy) is 1. The molecule has 2 fully saturated rings. The third kappa shape index (κ3) is 4.52. The van der Waals surface area contributed by atoms with Gasteiger partial charge in [-0.1, -0.05) is 12.1 Å². The number of piperazine rings is 1. The number of rotatable bonds is 5. The van der Waals surface area contributed by atoms with Crippen LogP contribution in [0, 0.1) is 17.1 Å². The van der Waals surface area contributed by atoms with Gasteiger partial charge in [-0.05, 0) is 25.0 Å². The van der Waals surface area contributed by atoms with Crippen LogP contribution in [0.15, 0.2) is 36.0 Å². The molecule has 0 aromatic heterocycles. The maximum Gasteiger partial charge on any atom is 0.263 e. The Morgan fingerprint density at radius 3 is 2.77 bits per heavy atom. The molecule has 0 bridgehead atoms. The highest BCUT2D eigenvalue weighted by atomic mass is 19.1. The number of para-hydroxylation sites is 1. The number of halogens is 1. The highest BCUT2D eigenvalue weighted by Crippen LogP contribution is 2.20. The number of nitrogens with one attached hydrogen (secondary N) is 1. The summed E-state index contributed by atoms with van der Waals surface area (Å²) >= 11 is 0. The van der Waals surface area contributed by atoms with Crippen LogP contribution in [0.25, 0.3) is 0 Å². The van der Waals surface area contributed by atoms with Gasteiger partial charge < -0.3 is 19.9 Å². The van der Waals surface area contributed by atoms with Crippen LogP contribution in [0.1, 0.15) is 12.8 Å². The van der Waals surface area contributed by atoms with Crippen molar-refractivity contribution in [2.45, 2.75) is 18.9 Å². The van der Waals surface area contributed by atoms with E-state index in [1.54, 1.807) is 18.3 Å². The van der Waals surface area contributed by atoms with Crippen molar-refractivity contribution >= 4 is 11.6 Å². The molecule has 0 spiro atoms. The zero-order chi connectivity index (χ0) is 18.4. The van der Waals surface area contributed by atoms with E-state index in [1.165, 1.54) is 6.07 Å². The maximum absolute atomic E-state index is 13.9. The normalized spacial score (nSPS) is 20.8. The predicted molar refractivity (Wildman–Crippen MR) is 95.9 cm³/mol. The van der Waals surface area contributed by atoms with Crippen LogP contribution in [-0.2, 0) is 9.53 Å². The number of carbonyl (C=O) groups excluding carboxylic acids is 1. The first-order valence-electron chi connectivity index (χ1n) is 8.92. The topological polar surface area (TPSA) is 68.6 Å². The van der Waals surface area contributed by atoms with E-state index in [0.29, 0.717) is 38.4 Å². The van der Waals surface area contributed by atoms with E-state index >= 15 is 0 Å². The maximum atomic E-state index is 13.9. The van der Waals surface area contributed by atoms with E-state index < -0.39 is 0 Å². The van der Waals surface area contributed by atoms with Crippen molar-refractivity contribution in [3.8, 4) is 6.07 Å². The molecule has 6 nitrogen and oxygen atoms in total. The average molecular weight is 358 g/mol. The van der Waals surface area contributed by atoms with Gasteiger partial charge >= 0.3 is 0 Å². The number of hydrogen-bond donors (Lipinski definition) is 1.